The Balaban J connectivity index is 1.67. The van der Waals surface area contributed by atoms with Crippen LogP contribution >= 0.6 is 0 Å². The fourth-order valence-electron chi connectivity index (χ4n) is 1.46. The third-order valence-corrected chi connectivity index (χ3v) is 2.64. The number of amides is 1. The third-order valence-electron chi connectivity index (χ3n) is 2.64. The van der Waals surface area contributed by atoms with Crippen LogP contribution in [0, 0.1) is 5.92 Å². The molecule has 17 heavy (non-hydrogen) atoms. The second-order valence-corrected chi connectivity index (χ2v) is 4.22. The molecule has 0 aliphatic heterocycles. The highest BCUT2D eigenvalue weighted by Crippen LogP contribution is 2.28. The third kappa shape index (κ3) is 3.71. The molecule has 5 nitrogen and oxygen atoms in total. The van der Waals surface area contributed by atoms with Crippen LogP contribution in [0.2, 0.25) is 0 Å². The number of rotatable bonds is 6. The minimum absolute atomic E-state index is 0.252. The van der Waals surface area contributed by atoms with E-state index < -0.39 is 0 Å². The number of nitrogens with one attached hydrogen (secondary N) is 1. The SMILES string of the molecule is Nc1cccnc1C(=O)NCCOCC1CC1. The highest BCUT2D eigenvalue weighted by atomic mass is 16.5. The first kappa shape index (κ1) is 11.9. The predicted molar refractivity (Wildman–Crippen MR) is 64.5 cm³/mol. The van der Waals surface area contributed by atoms with Crippen LogP contribution in [0.15, 0.2) is 18.3 Å². The van der Waals surface area contributed by atoms with Crippen molar-refractivity contribution in [3.63, 3.8) is 0 Å². The summed E-state index contributed by atoms with van der Waals surface area (Å²) in [6.45, 7) is 1.83. The molecular weight excluding hydrogens is 218 g/mol. The lowest BCUT2D eigenvalue weighted by atomic mass is 10.3. The van der Waals surface area contributed by atoms with Crippen LogP contribution in [0.3, 0.4) is 0 Å². The van der Waals surface area contributed by atoms with Gasteiger partial charge in [0, 0.05) is 19.3 Å². The van der Waals surface area contributed by atoms with Crippen molar-refractivity contribution >= 4 is 11.6 Å². The number of nitrogens with zero attached hydrogens (tertiary/aromatic N) is 1. The van der Waals surface area contributed by atoms with Gasteiger partial charge in [0.15, 0.2) is 5.69 Å². The molecule has 1 aliphatic carbocycles. The van der Waals surface area contributed by atoms with Crippen molar-refractivity contribution < 1.29 is 9.53 Å². The fourth-order valence-corrected chi connectivity index (χ4v) is 1.46. The second-order valence-electron chi connectivity index (χ2n) is 4.22. The summed E-state index contributed by atoms with van der Waals surface area (Å²) in [4.78, 5) is 15.6. The normalized spacial score (nSPS) is 14.6. The van der Waals surface area contributed by atoms with Crippen LogP contribution in [0.5, 0.6) is 0 Å². The minimum atomic E-state index is -0.252. The number of nitrogens with two attached hydrogens (primary N) is 1. The monoisotopic (exact) mass is 235 g/mol. The average molecular weight is 235 g/mol. The summed E-state index contributed by atoms with van der Waals surface area (Å²) in [7, 11) is 0. The summed E-state index contributed by atoms with van der Waals surface area (Å²) in [5.74, 6) is 0.496. The maximum atomic E-state index is 11.7. The van der Waals surface area contributed by atoms with Gasteiger partial charge >= 0.3 is 0 Å². The van der Waals surface area contributed by atoms with E-state index in [0.717, 1.165) is 12.5 Å². The molecule has 1 saturated carbocycles. The Hall–Kier alpha value is -1.62. The Labute approximate surface area is 100 Å². The molecule has 1 aromatic heterocycles. The molecule has 92 valence electrons. The lowest BCUT2D eigenvalue weighted by molar-refractivity contribution is 0.0903. The molecule has 0 atom stereocenters. The molecule has 0 unspecified atom stereocenters. The zero-order valence-corrected chi connectivity index (χ0v) is 9.69. The van der Waals surface area contributed by atoms with Gasteiger partial charge in [-0.15, -0.1) is 0 Å². The van der Waals surface area contributed by atoms with Gasteiger partial charge in [0.25, 0.3) is 5.91 Å². The first-order valence-electron chi connectivity index (χ1n) is 5.84. The molecule has 3 N–H and O–H groups in total. The molecule has 5 heteroatoms. The van der Waals surface area contributed by atoms with Crippen molar-refractivity contribution in [3.8, 4) is 0 Å². The van der Waals surface area contributed by atoms with Crippen LogP contribution in [0.4, 0.5) is 5.69 Å². The zero-order chi connectivity index (χ0) is 12.1. The number of pyridine rings is 1. The molecule has 0 radical (unpaired) electrons. The van der Waals surface area contributed by atoms with Gasteiger partial charge in [0.1, 0.15) is 0 Å². The van der Waals surface area contributed by atoms with E-state index in [4.69, 9.17) is 10.5 Å². The predicted octanol–water partition coefficient (Wildman–Crippen LogP) is 0.820. The van der Waals surface area contributed by atoms with E-state index in [1.807, 2.05) is 0 Å². The number of hydrogen-bond acceptors (Lipinski definition) is 4. The zero-order valence-electron chi connectivity index (χ0n) is 9.69. The second kappa shape index (κ2) is 5.63. The Bertz CT molecular complexity index is 391. The Morgan fingerprint density at radius 3 is 3.12 bits per heavy atom. The number of aromatic nitrogens is 1. The van der Waals surface area contributed by atoms with Gasteiger partial charge in [-0.1, -0.05) is 0 Å². The molecule has 0 spiro atoms. The van der Waals surface area contributed by atoms with Crippen molar-refractivity contribution in [2.45, 2.75) is 12.8 Å². The van der Waals surface area contributed by atoms with Crippen LogP contribution in [-0.4, -0.2) is 30.6 Å². The quantitative estimate of drug-likeness (QED) is 0.716. The molecular formula is C12H17N3O2. The van der Waals surface area contributed by atoms with Gasteiger partial charge in [-0.25, -0.2) is 4.98 Å². The fraction of sp³-hybridized carbons (Fsp3) is 0.500. The van der Waals surface area contributed by atoms with Crippen LogP contribution < -0.4 is 11.1 Å². The first-order chi connectivity index (χ1) is 8.27. The number of anilines is 1. The van der Waals surface area contributed by atoms with Gasteiger partial charge in [0.05, 0.1) is 12.3 Å². The van der Waals surface area contributed by atoms with Gasteiger partial charge < -0.3 is 15.8 Å². The van der Waals surface area contributed by atoms with E-state index in [2.05, 4.69) is 10.3 Å². The van der Waals surface area contributed by atoms with Crippen LogP contribution in [0.25, 0.3) is 0 Å². The van der Waals surface area contributed by atoms with E-state index in [1.165, 1.54) is 12.8 Å². The van der Waals surface area contributed by atoms with E-state index in [9.17, 15) is 4.79 Å². The molecule has 1 aliphatic rings. The molecule has 1 heterocycles. The number of hydrogen-bond donors (Lipinski definition) is 2. The van der Waals surface area contributed by atoms with Gasteiger partial charge in [-0.05, 0) is 30.9 Å². The average Bonchev–Trinajstić information content (AvgIpc) is 3.13. The maximum Gasteiger partial charge on any atom is 0.272 e. The molecule has 0 bridgehead atoms. The van der Waals surface area contributed by atoms with E-state index in [1.54, 1.807) is 18.3 Å². The summed E-state index contributed by atoms with van der Waals surface area (Å²) < 4.78 is 5.41. The number of ether oxygens (including phenoxy) is 1. The number of nitrogen functional groups attached to an aromatic ring is 1. The minimum Gasteiger partial charge on any atom is -0.397 e. The molecule has 1 aromatic rings. The first-order valence-corrected chi connectivity index (χ1v) is 5.84. The summed E-state index contributed by atoms with van der Waals surface area (Å²) in [5.41, 5.74) is 6.31. The van der Waals surface area contributed by atoms with Crippen molar-refractivity contribution in [2.75, 3.05) is 25.5 Å². The van der Waals surface area contributed by atoms with Crippen molar-refractivity contribution in [2.24, 2.45) is 5.92 Å². The molecule has 0 saturated heterocycles. The van der Waals surface area contributed by atoms with Gasteiger partial charge in [-0.2, -0.15) is 0 Å². The highest BCUT2D eigenvalue weighted by molar-refractivity contribution is 5.96. The molecule has 1 amide bonds. The standard InChI is InChI=1S/C12H17N3O2/c13-10-2-1-5-14-11(10)12(16)15-6-7-17-8-9-3-4-9/h1-2,5,9H,3-4,6-8,13H2,(H,15,16). The van der Waals surface area contributed by atoms with Crippen molar-refractivity contribution in [1.82, 2.24) is 10.3 Å². The van der Waals surface area contributed by atoms with E-state index in [-0.39, 0.29) is 11.6 Å². The van der Waals surface area contributed by atoms with E-state index >= 15 is 0 Å². The van der Waals surface area contributed by atoms with Crippen LogP contribution in [0.1, 0.15) is 23.3 Å². The summed E-state index contributed by atoms with van der Waals surface area (Å²) >= 11 is 0. The lowest BCUT2D eigenvalue weighted by Gasteiger charge is -2.06. The number of carbonyl (C=O) groups is 1. The molecule has 2 rings (SSSR count). The largest absolute Gasteiger partial charge is 0.397 e. The van der Waals surface area contributed by atoms with Crippen molar-refractivity contribution in [3.05, 3.63) is 24.0 Å². The van der Waals surface area contributed by atoms with Gasteiger partial charge in [-0.3, -0.25) is 4.79 Å². The van der Waals surface area contributed by atoms with Crippen LogP contribution in [-0.2, 0) is 4.74 Å². The number of carbonyl (C=O) groups excluding carboxylic acids is 1. The van der Waals surface area contributed by atoms with E-state index in [0.29, 0.717) is 18.8 Å². The Morgan fingerprint density at radius 1 is 1.59 bits per heavy atom. The topological polar surface area (TPSA) is 77.2 Å². The summed E-state index contributed by atoms with van der Waals surface area (Å²) in [5, 5.41) is 2.73. The highest BCUT2D eigenvalue weighted by Gasteiger charge is 2.20. The summed E-state index contributed by atoms with van der Waals surface area (Å²) in [6.07, 6.45) is 4.10. The molecule has 0 aromatic carbocycles. The summed E-state index contributed by atoms with van der Waals surface area (Å²) in [6, 6.07) is 3.36. The van der Waals surface area contributed by atoms with Crippen molar-refractivity contribution in [1.29, 1.82) is 0 Å². The Kier molecular flexibility index (Phi) is 3.93. The molecule has 1 fully saturated rings. The maximum absolute atomic E-state index is 11.7. The Morgan fingerprint density at radius 2 is 2.41 bits per heavy atom. The smallest absolute Gasteiger partial charge is 0.272 e. The van der Waals surface area contributed by atoms with Gasteiger partial charge in [0.2, 0.25) is 0 Å². The lowest BCUT2D eigenvalue weighted by Crippen LogP contribution is -2.28.